The van der Waals surface area contributed by atoms with Gasteiger partial charge >= 0.3 is 0 Å². The Bertz CT molecular complexity index is 650. The summed E-state index contributed by atoms with van der Waals surface area (Å²) in [4.78, 5) is 15.8. The number of aromatic nitrogens is 1. The van der Waals surface area contributed by atoms with E-state index in [1.807, 2.05) is 6.07 Å². The van der Waals surface area contributed by atoms with Crippen LogP contribution in [0.3, 0.4) is 0 Å². The van der Waals surface area contributed by atoms with E-state index in [1.165, 1.54) is 6.20 Å². The largest absolute Gasteiger partial charge is 0.387 e. The molecule has 0 saturated heterocycles. The van der Waals surface area contributed by atoms with Gasteiger partial charge in [-0.15, -0.1) is 0 Å². The average Bonchev–Trinajstić information content (AvgIpc) is 2.51. The zero-order chi connectivity index (χ0) is 15.4. The average molecular weight is 346 g/mol. The Labute approximate surface area is 136 Å². The first-order chi connectivity index (χ1) is 10.0. The molecule has 2 aromatic rings. The van der Waals surface area contributed by atoms with Gasteiger partial charge in [0.25, 0.3) is 5.91 Å². The van der Waals surface area contributed by atoms with E-state index >= 15 is 0 Å². The number of nitrogens with one attached hydrogen (secondary N) is 1. The van der Waals surface area contributed by atoms with Crippen molar-refractivity contribution in [3.63, 3.8) is 0 Å². The van der Waals surface area contributed by atoms with Crippen LogP contribution in [0.5, 0.6) is 0 Å². The van der Waals surface area contributed by atoms with Gasteiger partial charge in [0.15, 0.2) is 0 Å². The molecule has 1 aromatic heterocycles. The van der Waals surface area contributed by atoms with Crippen LogP contribution in [-0.4, -0.2) is 22.5 Å². The molecule has 110 valence electrons. The number of pyridine rings is 1. The van der Waals surface area contributed by atoms with Crippen LogP contribution in [0.1, 0.15) is 22.2 Å². The lowest BCUT2D eigenvalue weighted by Crippen LogP contribution is -2.29. The minimum absolute atomic E-state index is 0.0177. The smallest absolute Gasteiger partial charge is 0.271 e. The van der Waals surface area contributed by atoms with E-state index in [2.05, 4.69) is 10.3 Å². The summed E-state index contributed by atoms with van der Waals surface area (Å²) in [5.74, 6) is -0.534. The van der Waals surface area contributed by atoms with E-state index < -0.39 is 12.0 Å². The number of aliphatic hydroxyl groups is 1. The third-order valence-electron chi connectivity index (χ3n) is 2.77. The predicted molar refractivity (Wildman–Crippen MR) is 83.0 cm³/mol. The van der Waals surface area contributed by atoms with E-state index in [4.69, 9.17) is 34.8 Å². The SMILES string of the molecule is O=C(NCC(O)c1ccccc1)c1ncc(Cl)c(Cl)c1Cl. The molecule has 4 nitrogen and oxygen atoms in total. The van der Waals surface area contributed by atoms with Gasteiger partial charge in [-0.05, 0) is 5.56 Å². The highest BCUT2D eigenvalue weighted by Gasteiger charge is 2.18. The van der Waals surface area contributed by atoms with Crippen molar-refractivity contribution in [3.8, 4) is 0 Å². The molecular weight excluding hydrogens is 335 g/mol. The summed E-state index contributed by atoms with van der Waals surface area (Å²) in [5, 5.41) is 12.7. The normalized spacial score (nSPS) is 12.0. The Kier molecular flexibility index (Phi) is 5.42. The van der Waals surface area contributed by atoms with Crippen LogP contribution in [-0.2, 0) is 0 Å². The van der Waals surface area contributed by atoms with Crippen LogP contribution in [0.15, 0.2) is 36.5 Å². The first-order valence-corrected chi connectivity index (χ1v) is 7.14. The summed E-state index contributed by atoms with van der Waals surface area (Å²) in [5.41, 5.74) is 0.664. The highest BCUT2D eigenvalue weighted by atomic mass is 35.5. The fraction of sp³-hybridized carbons (Fsp3) is 0.143. The first kappa shape index (κ1) is 16.0. The third-order valence-corrected chi connectivity index (χ3v) is 4.01. The third kappa shape index (κ3) is 3.86. The maximum Gasteiger partial charge on any atom is 0.271 e. The number of hydrogen-bond donors (Lipinski definition) is 2. The van der Waals surface area contributed by atoms with Crippen LogP contribution < -0.4 is 5.32 Å². The van der Waals surface area contributed by atoms with E-state index in [9.17, 15) is 9.90 Å². The maximum absolute atomic E-state index is 12.0. The Morgan fingerprint density at radius 2 is 1.86 bits per heavy atom. The molecule has 1 heterocycles. The predicted octanol–water partition coefficient (Wildman–Crippen LogP) is 3.51. The van der Waals surface area contributed by atoms with Gasteiger partial charge in [-0.25, -0.2) is 4.98 Å². The highest BCUT2D eigenvalue weighted by molar-refractivity contribution is 6.48. The zero-order valence-electron chi connectivity index (χ0n) is 10.7. The number of halogens is 3. The molecule has 7 heteroatoms. The lowest BCUT2D eigenvalue weighted by atomic mass is 10.1. The van der Waals surface area contributed by atoms with Crippen molar-refractivity contribution < 1.29 is 9.90 Å². The van der Waals surface area contributed by atoms with Gasteiger partial charge in [-0.2, -0.15) is 0 Å². The summed E-state index contributed by atoms with van der Waals surface area (Å²) in [7, 11) is 0. The molecule has 21 heavy (non-hydrogen) atoms. The minimum Gasteiger partial charge on any atom is -0.387 e. The topological polar surface area (TPSA) is 62.2 Å². The van der Waals surface area contributed by atoms with Crippen molar-refractivity contribution in [2.45, 2.75) is 6.10 Å². The number of hydrogen-bond acceptors (Lipinski definition) is 3. The summed E-state index contributed by atoms with van der Waals surface area (Å²) in [6, 6.07) is 8.98. The second-order valence-corrected chi connectivity index (χ2v) is 5.38. The zero-order valence-corrected chi connectivity index (χ0v) is 13.0. The monoisotopic (exact) mass is 344 g/mol. The molecule has 0 saturated carbocycles. The molecule has 0 fully saturated rings. The molecular formula is C14H11Cl3N2O2. The van der Waals surface area contributed by atoms with Crippen molar-refractivity contribution in [3.05, 3.63) is 62.9 Å². The number of rotatable bonds is 4. The maximum atomic E-state index is 12.0. The Balaban J connectivity index is 2.04. The van der Waals surface area contributed by atoms with Crippen LogP contribution in [0.2, 0.25) is 15.1 Å². The fourth-order valence-corrected chi connectivity index (χ4v) is 2.23. The second-order valence-electron chi connectivity index (χ2n) is 4.22. The highest BCUT2D eigenvalue weighted by Crippen LogP contribution is 2.30. The summed E-state index contributed by atoms with van der Waals surface area (Å²) in [6.45, 7) is 0.0289. The van der Waals surface area contributed by atoms with Gasteiger partial charge in [-0.3, -0.25) is 4.79 Å². The molecule has 1 unspecified atom stereocenters. The Hall–Kier alpha value is -1.33. The summed E-state index contributed by atoms with van der Waals surface area (Å²) >= 11 is 17.5. The van der Waals surface area contributed by atoms with Crippen molar-refractivity contribution in [2.24, 2.45) is 0 Å². The number of carbonyl (C=O) groups excluding carboxylic acids is 1. The van der Waals surface area contributed by atoms with E-state index in [-0.39, 0.29) is 27.3 Å². The van der Waals surface area contributed by atoms with Gasteiger partial charge in [0.1, 0.15) is 5.69 Å². The van der Waals surface area contributed by atoms with E-state index in [0.29, 0.717) is 5.56 Å². The molecule has 0 bridgehead atoms. The molecule has 0 radical (unpaired) electrons. The van der Waals surface area contributed by atoms with Crippen molar-refractivity contribution in [1.82, 2.24) is 10.3 Å². The molecule has 0 spiro atoms. The van der Waals surface area contributed by atoms with Gasteiger partial charge < -0.3 is 10.4 Å². The number of carbonyl (C=O) groups is 1. The number of benzene rings is 1. The Morgan fingerprint density at radius 1 is 1.19 bits per heavy atom. The minimum atomic E-state index is -0.823. The van der Waals surface area contributed by atoms with Gasteiger partial charge in [0.05, 0.1) is 21.2 Å². The fourth-order valence-electron chi connectivity index (χ4n) is 1.67. The van der Waals surface area contributed by atoms with Crippen molar-refractivity contribution in [2.75, 3.05) is 6.54 Å². The van der Waals surface area contributed by atoms with E-state index in [1.54, 1.807) is 24.3 Å². The molecule has 0 aliphatic rings. The number of aliphatic hydroxyl groups excluding tert-OH is 1. The molecule has 2 rings (SSSR count). The van der Waals surface area contributed by atoms with Crippen LogP contribution in [0.25, 0.3) is 0 Å². The van der Waals surface area contributed by atoms with Crippen LogP contribution in [0.4, 0.5) is 0 Å². The quantitative estimate of drug-likeness (QED) is 0.891. The molecule has 2 N–H and O–H groups in total. The first-order valence-electron chi connectivity index (χ1n) is 6.01. The second kappa shape index (κ2) is 7.09. The van der Waals surface area contributed by atoms with Gasteiger partial charge in [0.2, 0.25) is 0 Å². The molecule has 1 aromatic carbocycles. The van der Waals surface area contributed by atoms with Crippen LogP contribution in [0, 0.1) is 0 Å². The Morgan fingerprint density at radius 3 is 2.52 bits per heavy atom. The summed E-state index contributed by atoms with van der Waals surface area (Å²) < 4.78 is 0. The van der Waals surface area contributed by atoms with Crippen molar-refractivity contribution in [1.29, 1.82) is 0 Å². The number of amides is 1. The molecule has 0 aliphatic heterocycles. The molecule has 1 amide bonds. The van der Waals surface area contributed by atoms with Gasteiger partial charge in [-0.1, -0.05) is 65.1 Å². The standard InChI is InChI=1S/C14H11Cl3N2O2/c15-9-6-18-13(12(17)11(9)16)14(21)19-7-10(20)8-4-2-1-3-5-8/h1-6,10,20H,7H2,(H,19,21). The van der Waals surface area contributed by atoms with Crippen LogP contribution >= 0.6 is 34.8 Å². The lowest BCUT2D eigenvalue weighted by Gasteiger charge is -2.12. The van der Waals surface area contributed by atoms with Gasteiger partial charge in [0, 0.05) is 12.7 Å². The lowest BCUT2D eigenvalue weighted by molar-refractivity contribution is 0.0911. The van der Waals surface area contributed by atoms with Crippen molar-refractivity contribution >= 4 is 40.7 Å². The summed E-state index contributed by atoms with van der Waals surface area (Å²) in [6.07, 6.45) is 0.426. The van der Waals surface area contributed by atoms with E-state index in [0.717, 1.165) is 0 Å². The number of nitrogens with zero attached hydrogens (tertiary/aromatic N) is 1. The molecule has 0 aliphatic carbocycles. The molecule has 1 atom stereocenters.